The Labute approximate surface area is 552 Å². The van der Waals surface area contributed by atoms with Crippen LogP contribution in [0, 0.1) is 22.7 Å². The molecule has 522 valence electrons. The van der Waals surface area contributed by atoms with Gasteiger partial charge in [-0.05, 0) is 190 Å². The van der Waals surface area contributed by atoms with Gasteiger partial charge in [-0.3, -0.25) is 0 Å². The first-order valence-corrected chi connectivity index (χ1v) is 28.7. The van der Waals surface area contributed by atoms with Gasteiger partial charge in [0.25, 0.3) is 0 Å². The smallest absolute Gasteiger partial charge is 0.307 e. The largest absolute Gasteiger partial charge is 0.417 e. The van der Waals surface area contributed by atoms with Gasteiger partial charge >= 0.3 is 55.6 Å². The lowest BCUT2D eigenvalue weighted by Gasteiger charge is -2.21. The third-order valence-electron chi connectivity index (χ3n) is 16.7. The van der Waals surface area contributed by atoms with Crippen molar-refractivity contribution in [3.05, 3.63) is 237 Å². The van der Waals surface area contributed by atoms with E-state index in [1.165, 1.54) is 0 Å². The molecule has 0 saturated carbocycles. The molecule has 10 aromatic carbocycles. The molecule has 0 spiro atoms. The zero-order valence-electron chi connectivity index (χ0n) is 49.7. The SMILES string of the molecule is N#Cc1cc(-n2c3ccc(-c4cc(C(F)(F)F)cc(C(F)(F)F)c4)cc3c3cc(-c4cc(C(F)(F)F)cc(C(F)(F)F)c4)ccc32)c(-n2c3ccc(-c4cc(C(F)(F)F)cc(C(F)(F)F)c4)cc3c3cc(-c4cc(C(F)(F)F)cc(C(F)(F)F)c4)ccc32)cc1-c1c(C#N)cccc1C(F)(F)F. The molecule has 0 saturated heterocycles. The van der Waals surface area contributed by atoms with Crippen molar-refractivity contribution in [1.82, 2.24) is 9.13 Å². The van der Waals surface area contributed by atoms with E-state index in [1.54, 1.807) is 12.1 Å². The lowest BCUT2D eigenvalue weighted by atomic mass is 9.90. The minimum absolute atomic E-state index is 0.227. The van der Waals surface area contributed by atoms with Crippen LogP contribution in [0.2, 0.25) is 0 Å². The first-order chi connectivity index (χ1) is 47.1. The summed E-state index contributed by atoms with van der Waals surface area (Å²) in [6.07, 6.45) is -49.2. The zero-order chi connectivity index (χ0) is 74.5. The molecule has 0 N–H and O–H groups in total. The van der Waals surface area contributed by atoms with Crippen molar-refractivity contribution in [2.45, 2.75) is 55.6 Å². The van der Waals surface area contributed by atoms with E-state index in [4.69, 9.17) is 0 Å². The molecule has 0 amide bonds. The number of aromatic nitrogens is 2. The molecular formula is C71H29F27N4. The van der Waals surface area contributed by atoms with Crippen LogP contribution in [0.4, 0.5) is 119 Å². The van der Waals surface area contributed by atoms with E-state index in [2.05, 4.69) is 0 Å². The summed E-state index contributed by atoms with van der Waals surface area (Å²) in [5.74, 6) is 0. The van der Waals surface area contributed by atoms with Crippen molar-refractivity contribution < 1.29 is 119 Å². The third-order valence-corrected chi connectivity index (χ3v) is 16.7. The lowest BCUT2D eigenvalue weighted by Crippen LogP contribution is -2.11. The molecule has 2 aromatic heterocycles. The van der Waals surface area contributed by atoms with Crippen molar-refractivity contribution in [3.8, 4) is 79.1 Å². The van der Waals surface area contributed by atoms with E-state index in [1.807, 2.05) is 0 Å². The maximum Gasteiger partial charge on any atom is 0.417 e. The average molecular weight is 1450 g/mol. The second-order valence-electron chi connectivity index (χ2n) is 23.1. The molecule has 0 atom stereocenters. The Morgan fingerprint density at radius 2 is 0.480 bits per heavy atom. The van der Waals surface area contributed by atoms with E-state index in [0.29, 0.717) is 6.07 Å². The number of hydrogen-bond acceptors (Lipinski definition) is 2. The molecule has 0 aliphatic carbocycles. The van der Waals surface area contributed by atoms with E-state index >= 15 is 13.2 Å². The van der Waals surface area contributed by atoms with Crippen LogP contribution < -0.4 is 0 Å². The van der Waals surface area contributed by atoms with Gasteiger partial charge in [0.1, 0.15) is 0 Å². The van der Waals surface area contributed by atoms with Crippen LogP contribution in [0.3, 0.4) is 0 Å². The van der Waals surface area contributed by atoms with Gasteiger partial charge in [-0.15, -0.1) is 0 Å². The van der Waals surface area contributed by atoms with Crippen LogP contribution in [-0.4, -0.2) is 9.13 Å². The highest BCUT2D eigenvalue weighted by molar-refractivity contribution is 6.14. The van der Waals surface area contributed by atoms with Crippen LogP contribution in [0.1, 0.15) is 61.2 Å². The fraction of sp³-hybridized carbons (Fsp3) is 0.127. The summed E-state index contributed by atoms with van der Waals surface area (Å²) >= 11 is 0. The molecule has 12 rings (SSSR count). The van der Waals surface area contributed by atoms with Crippen molar-refractivity contribution in [3.63, 3.8) is 0 Å². The fourth-order valence-corrected chi connectivity index (χ4v) is 12.2. The average Bonchev–Trinajstić information content (AvgIpc) is 1.54. The number of fused-ring (bicyclic) bond motifs is 6. The van der Waals surface area contributed by atoms with E-state index in [9.17, 15) is 116 Å². The van der Waals surface area contributed by atoms with Crippen LogP contribution in [0.25, 0.3) is 111 Å². The minimum atomic E-state index is -5.48. The summed E-state index contributed by atoms with van der Waals surface area (Å²) in [4.78, 5) is 0. The fourth-order valence-electron chi connectivity index (χ4n) is 12.2. The Hall–Kier alpha value is -11.1. The van der Waals surface area contributed by atoms with Crippen molar-refractivity contribution in [1.29, 1.82) is 10.5 Å². The van der Waals surface area contributed by atoms with Gasteiger partial charge < -0.3 is 9.13 Å². The number of hydrogen-bond donors (Lipinski definition) is 0. The highest BCUT2D eigenvalue weighted by atomic mass is 19.4. The van der Waals surface area contributed by atoms with E-state index in [-0.39, 0.29) is 106 Å². The number of rotatable bonds is 7. The van der Waals surface area contributed by atoms with Gasteiger partial charge in [0.15, 0.2) is 0 Å². The Morgan fingerprint density at radius 1 is 0.235 bits per heavy atom. The summed E-state index contributed by atoms with van der Waals surface area (Å²) in [6, 6.07) is 19.8. The van der Waals surface area contributed by atoms with Gasteiger partial charge in [-0.2, -0.15) is 129 Å². The predicted molar refractivity (Wildman–Crippen MR) is 317 cm³/mol. The molecule has 12 aromatic rings. The van der Waals surface area contributed by atoms with Gasteiger partial charge in [0.2, 0.25) is 0 Å². The molecular weight excluding hydrogens is 1420 g/mol. The van der Waals surface area contributed by atoms with Crippen molar-refractivity contribution in [2.75, 3.05) is 0 Å². The summed E-state index contributed by atoms with van der Waals surface area (Å²) in [5.41, 5.74) is -27.8. The Morgan fingerprint density at radius 3 is 0.706 bits per heavy atom. The second kappa shape index (κ2) is 23.8. The summed E-state index contributed by atoms with van der Waals surface area (Å²) in [6.45, 7) is 0. The molecule has 0 unspecified atom stereocenters. The highest BCUT2D eigenvalue weighted by Crippen LogP contribution is 2.50. The highest BCUT2D eigenvalue weighted by Gasteiger charge is 2.43. The van der Waals surface area contributed by atoms with E-state index < -0.39 is 195 Å². The molecule has 0 bridgehead atoms. The summed E-state index contributed by atoms with van der Waals surface area (Å²) in [7, 11) is 0. The van der Waals surface area contributed by atoms with Crippen LogP contribution >= 0.6 is 0 Å². The monoisotopic (exact) mass is 1450 g/mol. The standard InChI is InChI=1S/C71H29F27N4/c72-63(73,74)42-12-37(13-43(25-42)64(75,76)77)32-4-8-56-51(20-32)52-21-33(38-14-44(65(78,79)80)26-45(15-38)66(81,82)83)5-9-57(52)101(56)60-24-41(31-100)50(62-36(30-99)2-1-3-55(62)71(96,97)98)29-61(60)102-58-10-6-34(39-16-46(67(84,85)86)27-47(17-39)68(87,88)89)22-53(58)54-23-35(7-11-59(54)102)40-18-48(69(90,91)92)28-49(19-40)70(93,94)95/h1-29H. The quantitative estimate of drug-likeness (QED) is 0.149. The molecule has 0 aliphatic rings. The maximum absolute atomic E-state index is 15.4. The Bertz CT molecular complexity index is 5140. The van der Waals surface area contributed by atoms with Crippen molar-refractivity contribution >= 4 is 43.6 Å². The van der Waals surface area contributed by atoms with Crippen LogP contribution in [0.5, 0.6) is 0 Å². The summed E-state index contributed by atoms with van der Waals surface area (Å²) in [5, 5.41) is 20.1. The molecule has 0 aliphatic heterocycles. The predicted octanol–water partition coefficient (Wildman–Crippen LogP) is 25.1. The van der Waals surface area contributed by atoms with Gasteiger partial charge in [-0.25, -0.2) is 0 Å². The molecule has 102 heavy (non-hydrogen) atoms. The molecule has 31 heteroatoms. The number of alkyl halides is 27. The Kier molecular flexibility index (Phi) is 16.5. The van der Waals surface area contributed by atoms with Crippen LogP contribution in [-0.2, 0) is 55.6 Å². The topological polar surface area (TPSA) is 57.4 Å². The number of halogens is 27. The maximum atomic E-state index is 15.4. The first-order valence-electron chi connectivity index (χ1n) is 28.7. The number of nitriles is 2. The number of benzene rings is 10. The van der Waals surface area contributed by atoms with Gasteiger partial charge in [0.05, 0.1) is 107 Å². The number of nitrogens with zero attached hydrogens (tertiary/aromatic N) is 4. The molecule has 0 radical (unpaired) electrons. The zero-order valence-corrected chi connectivity index (χ0v) is 49.7. The van der Waals surface area contributed by atoms with Crippen molar-refractivity contribution in [2.24, 2.45) is 0 Å². The van der Waals surface area contributed by atoms with Gasteiger partial charge in [-0.1, -0.05) is 30.3 Å². The summed E-state index contributed by atoms with van der Waals surface area (Å²) < 4.78 is 395. The molecule has 4 nitrogen and oxygen atoms in total. The first kappa shape index (κ1) is 70.7. The van der Waals surface area contributed by atoms with Gasteiger partial charge in [0, 0.05) is 32.7 Å². The minimum Gasteiger partial charge on any atom is -0.307 e. The second-order valence-corrected chi connectivity index (χ2v) is 23.1. The normalized spacial score (nSPS) is 13.2. The molecule has 0 fully saturated rings. The van der Waals surface area contributed by atoms with Crippen LogP contribution in [0.15, 0.2) is 176 Å². The lowest BCUT2D eigenvalue weighted by molar-refractivity contribution is -0.144. The Balaban J connectivity index is 1.26. The molecule has 2 heterocycles. The third kappa shape index (κ3) is 13.1. The van der Waals surface area contributed by atoms with E-state index in [0.717, 1.165) is 106 Å².